The van der Waals surface area contributed by atoms with Gasteiger partial charge in [-0.1, -0.05) is 15.9 Å². The average molecular weight is 413 g/mol. The van der Waals surface area contributed by atoms with Crippen LogP contribution in [0, 0.1) is 0 Å². The number of benzene rings is 1. The second kappa shape index (κ2) is 6.38. The maximum atomic E-state index is 12.9. The van der Waals surface area contributed by atoms with Gasteiger partial charge in [-0.2, -0.15) is 5.10 Å². The maximum absolute atomic E-state index is 12.9. The molecule has 0 atom stereocenters. The minimum absolute atomic E-state index is 0.215. The lowest BCUT2D eigenvalue weighted by Crippen LogP contribution is -2.18. The fraction of sp³-hybridized carbons (Fsp3) is 0.111. The predicted molar refractivity (Wildman–Crippen MR) is 99.7 cm³/mol. The van der Waals surface area contributed by atoms with Gasteiger partial charge in [0.2, 0.25) is 0 Å². The third-order valence-corrected chi connectivity index (χ3v) is 4.52. The van der Waals surface area contributed by atoms with Crippen molar-refractivity contribution < 1.29 is 9.53 Å². The van der Waals surface area contributed by atoms with E-state index < -0.39 is 5.97 Å². The Balaban J connectivity index is 1.91. The minimum atomic E-state index is -0.488. The molecule has 4 aromatic rings. The largest absolute Gasteiger partial charge is 0.462 e. The summed E-state index contributed by atoms with van der Waals surface area (Å²) in [5.74, 6) is -0.488. The van der Waals surface area contributed by atoms with E-state index in [0.717, 1.165) is 10.2 Å². The number of hydrogen-bond acceptors (Lipinski definition) is 5. The van der Waals surface area contributed by atoms with Gasteiger partial charge in [0.1, 0.15) is 5.56 Å². The highest BCUT2D eigenvalue weighted by atomic mass is 79.9. The summed E-state index contributed by atoms with van der Waals surface area (Å²) < 4.78 is 8.97. The van der Waals surface area contributed by atoms with Gasteiger partial charge in [-0.05, 0) is 37.3 Å². The summed E-state index contributed by atoms with van der Waals surface area (Å²) in [5.41, 5.74) is 1.73. The quantitative estimate of drug-likeness (QED) is 0.483. The first-order valence-electron chi connectivity index (χ1n) is 7.91. The van der Waals surface area contributed by atoms with E-state index >= 15 is 0 Å². The van der Waals surface area contributed by atoms with E-state index in [-0.39, 0.29) is 17.7 Å². The summed E-state index contributed by atoms with van der Waals surface area (Å²) in [7, 11) is 0. The molecule has 0 aliphatic carbocycles. The molecule has 0 bridgehead atoms. The van der Waals surface area contributed by atoms with E-state index in [1.54, 1.807) is 19.2 Å². The molecule has 0 unspecified atom stereocenters. The van der Waals surface area contributed by atoms with Crippen LogP contribution in [0.4, 0.5) is 0 Å². The molecule has 130 valence electrons. The van der Waals surface area contributed by atoms with Crippen LogP contribution in [-0.2, 0) is 4.74 Å². The van der Waals surface area contributed by atoms with Gasteiger partial charge in [0, 0.05) is 22.6 Å². The van der Waals surface area contributed by atoms with E-state index in [2.05, 4.69) is 26.0 Å². The van der Waals surface area contributed by atoms with Crippen LogP contribution in [0.25, 0.3) is 22.2 Å². The number of nitrogens with zero attached hydrogens (tertiary/aromatic N) is 4. The molecule has 3 heterocycles. The number of ether oxygens (including phenoxy) is 1. The molecule has 4 rings (SSSR count). The average Bonchev–Trinajstić information content (AvgIpc) is 3.08. The lowest BCUT2D eigenvalue weighted by atomic mass is 10.2. The first-order chi connectivity index (χ1) is 12.6. The third-order valence-electron chi connectivity index (χ3n) is 3.99. The molecule has 0 spiro atoms. The lowest BCUT2D eigenvalue weighted by Gasteiger charge is -2.08. The molecule has 1 aromatic carbocycles. The minimum Gasteiger partial charge on any atom is -0.462 e. The Kier molecular flexibility index (Phi) is 4.04. The molecule has 0 amide bonds. The number of esters is 1. The zero-order valence-electron chi connectivity index (χ0n) is 13.7. The highest BCUT2D eigenvalue weighted by Crippen LogP contribution is 2.17. The summed E-state index contributed by atoms with van der Waals surface area (Å²) in [4.78, 5) is 29.1. The monoisotopic (exact) mass is 412 g/mol. The Hall–Kier alpha value is -3.00. The summed E-state index contributed by atoms with van der Waals surface area (Å²) in [6.45, 7) is 2.00. The number of carbonyl (C=O) groups is 1. The van der Waals surface area contributed by atoms with Gasteiger partial charge in [-0.15, -0.1) is 0 Å². The molecule has 0 aliphatic heterocycles. The number of aromatic nitrogens is 4. The van der Waals surface area contributed by atoms with Gasteiger partial charge >= 0.3 is 5.97 Å². The van der Waals surface area contributed by atoms with E-state index in [0.29, 0.717) is 16.6 Å². The van der Waals surface area contributed by atoms with Crippen molar-refractivity contribution in [1.29, 1.82) is 0 Å². The van der Waals surface area contributed by atoms with Crippen molar-refractivity contribution in [2.75, 3.05) is 6.61 Å². The van der Waals surface area contributed by atoms with Crippen LogP contribution >= 0.6 is 15.9 Å². The van der Waals surface area contributed by atoms with Crippen molar-refractivity contribution in [3.8, 4) is 5.69 Å². The molecule has 8 heteroatoms. The number of carbonyl (C=O) groups excluding carboxylic acids is 1. The maximum Gasteiger partial charge on any atom is 0.343 e. The highest BCUT2D eigenvalue weighted by Gasteiger charge is 2.17. The van der Waals surface area contributed by atoms with Gasteiger partial charge in [-0.25, -0.2) is 14.3 Å². The molecule has 26 heavy (non-hydrogen) atoms. The van der Waals surface area contributed by atoms with Crippen LogP contribution in [-0.4, -0.2) is 31.7 Å². The zero-order chi connectivity index (χ0) is 18.3. The normalized spacial score (nSPS) is 11.2. The summed E-state index contributed by atoms with van der Waals surface area (Å²) >= 11 is 3.38. The molecule has 0 radical (unpaired) electrons. The summed E-state index contributed by atoms with van der Waals surface area (Å²) in [5, 5.41) is 4.61. The van der Waals surface area contributed by atoms with Crippen molar-refractivity contribution >= 4 is 38.4 Å². The Morgan fingerprint density at radius 3 is 2.69 bits per heavy atom. The summed E-state index contributed by atoms with van der Waals surface area (Å²) in [6.07, 6.45) is 4.55. The first kappa shape index (κ1) is 16.5. The molecule has 7 nitrogen and oxygen atoms in total. The van der Waals surface area contributed by atoms with Crippen LogP contribution in [0.2, 0.25) is 0 Å². The number of halogens is 1. The van der Waals surface area contributed by atoms with Gasteiger partial charge in [-0.3, -0.25) is 9.36 Å². The number of rotatable bonds is 3. The van der Waals surface area contributed by atoms with Gasteiger partial charge < -0.3 is 4.74 Å². The van der Waals surface area contributed by atoms with Crippen molar-refractivity contribution in [3.05, 3.63) is 69.3 Å². The van der Waals surface area contributed by atoms with E-state index in [1.165, 1.54) is 21.5 Å². The van der Waals surface area contributed by atoms with Crippen LogP contribution in [0.3, 0.4) is 0 Å². The predicted octanol–water partition coefficient (Wildman–Crippen LogP) is 2.97. The Morgan fingerprint density at radius 2 is 1.96 bits per heavy atom. The van der Waals surface area contributed by atoms with E-state index in [1.807, 2.05) is 24.3 Å². The fourth-order valence-corrected chi connectivity index (χ4v) is 3.04. The Morgan fingerprint density at radius 1 is 1.19 bits per heavy atom. The SMILES string of the molecule is CCOC(=O)c1cnn2c1ncc1c(=O)n(-c3ccc(Br)cc3)ccc12. The van der Waals surface area contributed by atoms with Crippen LogP contribution < -0.4 is 5.56 Å². The first-order valence-corrected chi connectivity index (χ1v) is 8.70. The fourth-order valence-electron chi connectivity index (χ4n) is 2.77. The number of pyridine rings is 1. The molecule has 0 N–H and O–H groups in total. The molecule has 3 aromatic heterocycles. The van der Waals surface area contributed by atoms with Crippen molar-refractivity contribution in [2.45, 2.75) is 6.92 Å². The number of hydrogen-bond donors (Lipinski definition) is 0. The van der Waals surface area contributed by atoms with Gasteiger partial charge in [0.25, 0.3) is 5.56 Å². The van der Waals surface area contributed by atoms with Gasteiger partial charge in [0.15, 0.2) is 5.65 Å². The molecule has 0 fully saturated rings. The summed E-state index contributed by atoms with van der Waals surface area (Å²) in [6, 6.07) is 9.19. The number of fused-ring (bicyclic) bond motifs is 3. The van der Waals surface area contributed by atoms with Crippen LogP contribution in [0.5, 0.6) is 0 Å². The van der Waals surface area contributed by atoms with Crippen molar-refractivity contribution in [3.63, 3.8) is 0 Å². The van der Waals surface area contributed by atoms with E-state index in [4.69, 9.17) is 4.74 Å². The molecule has 0 saturated carbocycles. The molecular weight excluding hydrogens is 400 g/mol. The zero-order valence-corrected chi connectivity index (χ0v) is 15.3. The second-order valence-electron chi connectivity index (χ2n) is 5.54. The smallest absolute Gasteiger partial charge is 0.343 e. The lowest BCUT2D eigenvalue weighted by molar-refractivity contribution is 0.0528. The molecular formula is C18H13BrN4O3. The Bertz CT molecular complexity index is 1190. The van der Waals surface area contributed by atoms with Crippen LogP contribution in [0.1, 0.15) is 17.3 Å². The molecule has 0 aliphatic rings. The Labute approximate surface area is 156 Å². The van der Waals surface area contributed by atoms with Gasteiger partial charge in [0.05, 0.1) is 23.7 Å². The third kappa shape index (κ3) is 2.59. The topological polar surface area (TPSA) is 78.5 Å². The second-order valence-corrected chi connectivity index (χ2v) is 6.45. The highest BCUT2D eigenvalue weighted by molar-refractivity contribution is 9.10. The standard InChI is InChI=1S/C18H13BrN4O3/c1-2-26-18(25)14-10-21-23-15-7-8-22(12-5-3-11(19)4-6-12)17(24)13(15)9-20-16(14)23/h3-10H,2H2,1H3. The van der Waals surface area contributed by atoms with Crippen molar-refractivity contribution in [1.82, 2.24) is 19.2 Å². The molecule has 0 saturated heterocycles. The van der Waals surface area contributed by atoms with Crippen LogP contribution in [0.15, 0.2) is 58.2 Å². The van der Waals surface area contributed by atoms with Crippen molar-refractivity contribution in [2.24, 2.45) is 0 Å². The van der Waals surface area contributed by atoms with E-state index in [9.17, 15) is 9.59 Å².